The first-order valence-corrected chi connectivity index (χ1v) is 3.25. The van der Waals surface area contributed by atoms with Gasteiger partial charge in [-0.3, -0.25) is 0 Å². The number of hydrogen-bond acceptors (Lipinski definition) is 3. The fourth-order valence-corrected chi connectivity index (χ4v) is 0.767. The van der Waals surface area contributed by atoms with Gasteiger partial charge in [-0.1, -0.05) is 11.6 Å². The van der Waals surface area contributed by atoms with Crippen LogP contribution in [0.3, 0.4) is 0 Å². The van der Waals surface area contributed by atoms with Crippen LogP contribution in [0.1, 0.15) is 0 Å². The van der Waals surface area contributed by atoms with Gasteiger partial charge in [-0.25, -0.2) is 5.84 Å². The highest BCUT2D eigenvalue weighted by atomic mass is 35.5. The van der Waals surface area contributed by atoms with Gasteiger partial charge in [0.2, 0.25) is 0 Å². The zero-order valence-corrected chi connectivity index (χ0v) is 6.32. The van der Waals surface area contributed by atoms with Gasteiger partial charge in [0, 0.05) is 5.02 Å². The predicted molar refractivity (Wildman–Crippen MR) is 43.9 cm³/mol. The van der Waals surface area contributed by atoms with Gasteiger partial charge in [0.1, 0.15) is 0 Å². The standard InChI is InChI=1S/C6H6ClN3O/c7-5-1-3-6(4-2-5)10(8)9-11/h1-4H,8H2. The van der Waals surface area contributed by atoms with E-state index in [1.807, 2.05) is 0 Å². The number of halogens is 1. The van der Waals surface area contributed by atoms with Gasteiger partial charge in [0.15, 0.2) is 0 Å². The molecule has 0 amide bonds. The summed E-state index contributed by atoms with van der Waals surface area (Å²) in [5, 5.41) is 3.83. The number of nitrogens with zero attached hydrogens (tertiary/aromatic N) is 2. The average molecular weight is 172 g/mol. The first kappa shape index (κ1) is 7.97. The average Bonchev–Trinajstić information content (AvgIpc) is 2.05. The van der Waals surface area contributed by atoms with Crippen molar-refractivity contribution >= 4 is 17.3 Å². The SMILES string of the molecule is NN(N=O)c1ccc(Cl)cc1. The number of hydrogen-bond donors (Lipinski definition) is 1. The predicted octanol–water partition coefficient (Wildman–Crippen LogP) is 1.70. The van der Waals surface area contributed by atoms with Crippen molar-refractivity contribution in [1.29, 1.82) is 0 Å². The van der Waals surface area contributed by atoms with Crippen molar-refractivity contribution in [3.8, 4) is 0 Å². The first-order valence-electron chi connectivity index (χ1n) is 2.87. The van der Waals surface area contributed by atoms with Gasteiger partial charge in [-0.15, -0.1) is 4.91 Å². The van der Waals surface area contributed by atoms with Crippen LogP contribution in [-0.2, 0) is 0 Å². The number of nitrogens with two attached hydrogens (primary N) is 1. The third kappa shape index (κ3) is 1.89. The Morgan fingerprint density at radius 1 is 1.36 bits per heavy atom. The molecule has 0 bridgehead atoms. The Hall–Kier alpha value is -1.13. The lowest BCUT2D eigenvalue weighted by Gasteiger charge is -2.06. The summed E-state index contributed by atoms with van der Waals surface area (Å²) in [6.45, 7) is 0. The molecule has 1 aromatic rings. The van der Waals surface area contributed by atoms with Gasteiger partial charge in [-0.2, -0.15) is 5.12 Å². The second-order valence-electron chi connectivity index (χ2n) is 1.90. The fraction of sp³-hybridized carbons (Fsp3) is 0. The van der Waals surface area contributed by atoms with Crippen molar-refractivity contribution in [2.75, 3.05) is 5.12 Å². The molecule has 0 saturated heterocycles. The van der Waals surface area contributed by atoms with Gasteiger partial charge in [-0.05, 0) is 24.3 Å². The van der Waals surface area contributed by atoms with E-state index in [0.29, 0.717) is 10.7 Å². The summed E-state index contributed by atoms with van der Waals surface area (Å²) in [5.74, 6) is 5.16. The minimum absolute atomic E-state index is 0.504. The van der Waals surface area contributed by atoms with Crippen LogP contribution in [0, 0.1) is 4.91 Å². The quantitative estimate of drug-likeness (QED) is 0.419. The molecule has 0 aromatic heterocycles. The Labute approximate surface area is 68.5 Å². The van der Waals surface area contributed by atoms with Crippen molar-refractivity contribution in [2.45, 2.75) is 0 Å². The van der Waals surface area contributed by atoms with Crippen molar-refractivity contribution in [3.63, 3.8) is 0 Å². The number of nitroso groups, excluding NO2 is 1. The van der Waals surface area contributed by atoms with E-state index < -0.39 is 0 Å². The van der Waals surface area contributed by atoms with Gasteiger partial charge >= 0.3 is 0 Å². The molecule has 0 aliphatic carbocycles. The van der Waals surface area contributed by atoms with E-state index in [-0.39, 0.29) is 0 Å². The summed E-state index contributed by atoms with van der Waals surface area (Å²) >= 11 is 5.59. The molecule has 58 valence electrons. The Kier molecular flexibility index (Phi) is 2.40. The Bertz CT molecular complexity index is 249. The summed E-state index contributed by atoms with van der Waals surface area (Å²) in [6.07, 6.45) is 0. The third-order valence-corrected chi connectivity index (χ3v) is 1.43. The molecular weight excluding hydrogens is 166 g/mol. The first-order chi connectivity index (χ1) is 5.24. The Balaban J connectivity index is 2.89. The number of anilines is 1. The van der Waals surface area contributed by atoms with Crippen LogP contribution in [0.5, 0.6) is 0 Å². The highest BCUT2D eigenvalue weighted by molar-refractivity contribution is 6.30. The van der Waals surface area contributed by atoms with E-state index in [9.17, 15) is 4.91 Å². The molecule has 0 atom stereocenters. The maximum atomic E-state index is 9.91. The van der Waals surface area contributed by atoms with Crippen LogP contribution in [0.2, 0.25) is 5.02 Å². The van der Waals surface area contributed by atoms with Gasteiger partial charge in [0.05, 0.1) is 11.0 Å². The zero-order valence-electron chi connectivity index (χ0n) is 5.57. The van der Waals surface area contributed by atoms with Crippen LogP contribution in [-0.4, -0.2) is 0 Å². The second kappa shape index (κ2) is 3.32. The maximum Gasteiger partial charge on any atom is 0.0810 e. The number of hydrazine groups is 1. The molecule has 0 spiro atoms. The van der Waals surface area contributed by atoms with Crippen molar-refractivity contribution in [1.82, 2.24) is 0 Å². The van der Waals surface area contributed by atoms with Crippen molar-refractivity contribution in [2.24, 2.45) is 11.1 Å². The van der Waals surface area contributed by atoms with Crippen molar-refractivity contribution in [3.05, 3.63) is 34.2 Å². The monoisotopic (exact) mass is 171 g/mol. The van der Waals surface area contributed by atoms with E-state index in [1.165, 1.54) is 0 Å². The molecule has 0 fully saturated rings. The molecule has 2 N–H and O–H groups in total. The molecular formula is C6H6ClN3O. The van der Waals surface area contributed by atoms with E-state index in [0.717, 1.165) is 5.12 Å². The summed E-state index contributed by atoms with van der Waals surface area (Å²) in [7, 11) is 0. The molecule has 0 unspecified atom stereocenters. The van der Waals surface area contributed by atoms with Crippen molar-refractivity contribution < 1.29 is 0 Å². The second-order valence-corrected chi connectivity index (χ2v) is 2.34. The summed E-state index contributed by atoms with van der Waals surface area (Å²) in [4.78, 5) is 9.91. The molecule has 4 nitrogen and oxygen atoms in total. The molecule has 1 rings (SSSR count). The molecule has 5 heteroatoms. The number of benzene rings is 1. The number of rotatable bonds is 2. The molecule has 0 aliphatic rings. The van der Waals surface area contributed by atoms with Gasteiger partial charge < -0.3 is 0 Å². The maximum absolute atomic E-state index is 9.91. The molecule has 0 aliphatic heterocycles. The highest BCUT2D eigenvalue weighted by Crippen LogP contribution is 2.15. The Morgan fingerprint density at radius 3 is 2.36 bits per heavy atom. The van der Waals surface area contributed by atoms with E-state index in [1.54, 1.807) is 24.3 Å². The van der Waals surface area contributed by atoms with Crippen LogP contribution in [0.15, 0.2) is 29.6 Å². The van der Waals surface area contributed by atoms with Crippen LogP contribution in [0.4, 0.5) is 5.69 Å². The van der Waals surface area contributed by atoms with Crippen LogP contribution in [0.25, 0.3) is 0 Å². The molecule has 11 heavy (non-hydrogen) atoms. The van der Waals surface area contributed by atoms with Gasteiger partial charge in [0.25, 0.3) is 0 Å². The smallest absolute Gasteiger partial charge is 0.0810 e. The lowest BCUT2D eigenvalue weighted by molar-refractivity contribution is 0.916. The highest BCUT2D eigenvalue weighted by Gasteiger charge is 1.98. The fourth-order valence-electron chi connectivity index (χ4n) is 0.641. The lowest BCUT2D eigenvalue weighted by Crippen LogP contribution is -2.22. The summed E-state index contributed by atoms with van der Waals surface area (Å²) in [6, 6.07) is 6.46. The molecule has 1 aromatic carbocycles. The zero-order chi connectivity index (χ0) is 8.27. The van der Waals surface area contributed by atoms with E-state index in [4.69, 9.17) is 17.4 Å². The summed E-state index contributed by atoms with van der Waals surface area (Å²) < 4.78 is 0. The summed E-state index contributed by atoms with van der Waals surface area (Å²) in [5.41, 5.74) is 0.504. The molecule has 0 radical (unpaired) electrons. The van der Waals surface area contributed by atoms with Crippen LogP contribution < -0.4 is 11.0 Å². The minimum atomic E-state index is 0.504. The minimum Gasteiger partial charge on any atom is -0.224 e. The normalized spacial score (nSPS) is 9.27. The van der Waals surface area contributed by atoms with Crippen LogP contribution >= 0.6 is 11.6 Å². The van der Waals surface area contributed by atoms with E-state index >= 15 is 0 Å². The molecule has 0 saturated carbocycles. The molecule has 0 heterocycles. The largest absolute Gasteiger partial charge is 0.224 e. The third-order valence-electron chi connectivity index (χ3n) is 1.18. The Morgan fingerprint density at radius 2 is 1.91 bits per heavy atom. The lowest BCUT2D eigenvalue weighted by atomic mass is 10.3. The topological polar surface area (TPSA) is 58.7 Å². The van der Waals surface area contributed by atoms with E-state index in [2.05, 4.69) is 5.29 Å².